The average Bonchev–Trinajstić information content (AvgIpc) is 1.54. The molecule has 4 aromatic heterocycles. The first kappa shape index (κ1) is 66.1. The van der Waals surface area contributed by atoms with Gasteiger partial charge in [0, 0.05) is 133 Å². The fourth-order valence-corrected chi connectivity index (χ4v) is 16.0. The SMILES string of the molecule is [2H]C1=C([2H])N(c2cc(C(C)(C)c3ccccc3)cc(C(C)(C)c3ccccc3)c2)[CH-]N1c1[c-]c(Oc2[c-]c3c(cc2)c2ccccc2n3-c2cc(C(C)(C([2H])([2H])[2H])C([2H])([2H])[2H])ccn2)cc(-c2ccccc2)c1.[2H]C1=C([2H])N(c2cccc(C(C)(C)c3ccccc3)c2)[CH-]N1c1[c-]c(Oc2[c-]c3c(cc2)c2ccccc2n3-c2cc(C(C)(C([2H])([2H])[2H])C([2H])([2H])[2H])ccn2)cc(-c2ccccc2)c1.[Pt].[Pt]. The Kier molecular flexibility index (Phi) is 18.5. The van der Waals surface area contributed by atoms with E-state index in [1.54, 1.807) is 39.0 Å². The smallest absolute Gasteiger partial charge is 0.135 e. The third-order valence-electron chi connectivity index (χ3n) is 23.1. The zero-order valence-electron chi connectivity index (χ0n) is 84.9. The maximum atomic E-state index is 9.50. The van der Waals surface area contributed by atoms with Gasteiger partial charge in [-0.3, -0.25) is 0 Å². The van der Waals surface area contributed by atoms with Crippen LogP contribution in [-0.2, 0) is 69.2 Å². The van der Waals surface area contributed by atoms with Crippen LogP contribution in [0, 0.1) is 37.6 Å². The molecule has 17 aromatic rings. The van der Waals surface area contributed by atoms with Crippen LogP contribution in [-0.4, -0.2) is 19.1 Å². The van der Waals surface area contributed by atoms with Crippen molar-refractivity contribution in [2.45, 2.75) is 110 Å². The maximum absolute atomic E-state index is 9.50. The molecule has 6 heterocycles. The largest absolute Gasteiger partial charge is 0.509 e. The number of rotatable bonds is 18. The average molecular weight is 1980 g/mol. The molecule has 0 spiro atoms. The molecule has 10 nitrogen and oxygen atoms in total. The van der Waals surface area contributed by atoms with Gasteiger partial charge in [0.15, 0.2) is 0 Å². The van der Waals surface area contributed by atoms with Gasteiger partial charge in [-0.1, -0.05) is 300 Å². The van der Waals surface area contributed by atoms with Crippen molar-refractivity contribution in [1.82, 2.24) is 19.1 Å². The van der Waals surface area contributed by atoms with Crippen molar-refractivity contribution in [2.24, 2.45) is 0 Å². The number of pyridine rings is 2. The third-order valence-corrected chi connectivity index (χ3v) is 23.1. The number of nitrogens with zero attached hydrogens (tertiary/aromatic N) is 8. The van der Waals surface area contributed by atoms with E-state index in [0.29, 0.717) is 57.0 Å². The second-order valence-corrected chi connectivity index (χ2v) is 32.6. The number of ether oxygens (including phenoxy) is 2. The fourth-order valence-electron chi connectivity index (χ4n) is 16.0. The molecule has 0 atom stereocenters. The van der Waals surface area contributed by atoms with Gasteiger partial charge in [0.05, 0.1) is 5.48 Å². The Bertz CT molecular complexity index is 7420. The van der Waals surface area contributed by atoms with Gasteiger partial charge in [0.1, 0.15) is 11.6 Å². The summed E-state index contributed by atoms with van der Waals surface area (Å²) < 4.78 is 154. The van der Waals surface area contributed by atoms with E-state index >= 15 is 0 Å². The minimum absolute atomic E-state index is 0. The first-order valence-corrected chi connectivity index (χ1v) is 40.2. The molecule has 0 radical (unpaired) electrons. The van der Waals surface area contributed by atoms with Crippen molar-refractivity contribution in [3.63, 3.8) is 0 Å². The van der Waals surface area contributed by atoms with E-state index in [2.05, 4.69) is 167 Å². The van der Waals surface area contributed by atoms with E-state index in [0.717, 1.165) is 99.6 Å². The van der Waals surface area contributed by atoms with Crippen LogP contribution in [0.2, 0.25) is 0 Å². The van der Waals surface area contributed by atoms with Crippen molar-refractivity contribution in [3.8, 4) is 56.9 Å². The summed E-state index contributed by atoms with van der Waals surface area (Å²) >= 11 is 0. The Labute approximate surface area is 775 Å². The van der Waals surface area contributed by atoms with Crippen LogP contribution in [0.1, 0.15) is 149 Å². The Morgan fingerprint density at radius 2 is 0.667 bits per heavy atom. The molecule has 123 heavy (non-hydrogen) atoms. The van der Waals surface area contributed by atoms with E-state index in [1.807, 2.05) is 203 Å². The number of hydrogen-bond acceptors (Lipinski definition) is 8. The van der Waals surface area contributed by atoms with E-state index in [4.69, 9.17) is 28.7 Å². The predicted octanol–water partition coefficient (Wildman–Crippen LogP) is 27.9. The zero-order valence-corrected chi connectivity index (χ0v) is 73.4. The van der Waals surface area contributed by atoms with E-state index < -0.39 is 49.1 Å². The van der Waals surface area contributed by atoms with E-state index in [-0.39, 0.29) is 83.4 Å². The van der Waals surface area contributed by atoms with Crippen LogP contribution >= 0.6 is 0 Å². The van der Waals surface area contributed by atoms with E-state index in [1.165, 1.54) is 50.5 Å². The molecule has 12 heteroatoms. The predicted molar refractivity (Wildman–Crippen MR) is 499 cm³/mol. The number of benzene rings is 13. The molecule has 0 bridgehead atoms. The molecule has 0 fully saturated rings. The monoisotopic (exact) mass is 1980 g/mol. The van der Waals surface area contributed by atoms with Gasteiger partial charge < -0.3 is 38.2 Å². The summed E-state index contributed by atoms with van der Waals surface area (Å²) in [6.07, 6.45) is 2.76. The third kappa shape index (κ3) is 17.1. The summed E-state index contributed by atoms with van der Waals surface area (Å²) in [5, 5.41) is 3.40. The minimum atomic E-state index is -2.85. The summed E-state index contributed by atoms with van der Waals surface area (Å²) in [5.41, 5.74) is 9.86. The number of fused-ring (bicyclic) bond motifs is 6. The van der Waals surface area contributed by atoms with Crippen LogP contribution in [0.15, 0.2) is 353 Å². The molecule has 0 amide bonds. The van der Waals surface area contributed by atoms with Crippen molar-refractivity contribution in [2.75, 3.05) is 19.6 Å². The van der Waals surface area contributed by atoms with Crippen molar-refractivity contribution in [1.29, 1.82) is 0 Å². The molecule has 2 aliphatic heterocycles. The van der Waals surface area contributed by atoms with Gasteiger partial charge in [-0.05, 0) is 163 Å². The Morgan fingerprint density at radius 3 is 1.09 bits per heavy atom. The van der Waals surface area contributed by atoms with Gasteiger partial charge in [0.25, 0.3) is 0 Å². The molecule has 0 aliphatic carbocycles. The first-order valence-electron chi connectivity index (χ1n) is 48.2. The first-order chi connectivity index (χ1) is 65.1. The van der Waals surface area contributed by atoms with Crippen molar-refractivity contribution < 1.29 is 73.5 Å². The van der Waals surface area contributed by atoms with Gasteiger partial charge in [-0.2, -0.15) is 12.1 Å². The maximum Gasteiger partial charge on any atom is 0.135 e. The number of hydrogen-bond donors (Lipinski definition) is 0. The number of anilines is 4. The second-order valence-electron chi connectivity index (χ2n) is 32.6. The van der Waals surface area contributed by atoms with Gasteiger partial charge in [0.2, 0.25) is 0 Å². The Hall–Kier alpha value is -12.6. The van der Waals surface area contributed by atoms with Crippen LogP contribution < -0.4 is 29.1 Å². The molecular formula is C111H96N8O2Pt2-6. The molecule has 0 saturated heterocycles. The topological polar surface area (TPSA) is 67.1 Å². The van der Waals surface area contributed by atoms with Gasteiger partial charge >= 0.3 is 0 Å². The van der Waals surface area contributed by atoms with Crippen LogP contribution in [0.4, 0.5) is 22.7 Å². The molecule has 0 saturated carbocycles. The summed E-state index contributed by atoms with van der Waals surface area (Å²) in [7, 11) is 0. The normalized spacial score (nSPS) is 15.7. The van der Waals surface area contributed by atoms with Crippen LogP contribution in [0.25, 0.3) is 77.5 Å². The molecule has 19 rings (SSSR count). The van der Waals surface area contributed by atoms with Gasteiger partial charge in [-0.25, -0.2) is 9.97 Å². The Morgan fingerprint density at radius 1 is 0.301 bits per heavy atom. The second kappa shape index (κ2) is 34.4. The van der Waals surface area contributed by atoms with Crippen LogP contribution in [0.5, 0.6) is 23.0 Å². The quantitative estimate of drug-likeness (QED) is 0.0788. The molecule has 0 unspecified atom stereocenters. The standard InChI is InChI=1S/C60H53N4O.C51H43N4O.2Pt/c1-58(2,3)46-29-30-61-57(38-46)64-55-26-18-17-25-53(55)54-28-27-51(40-56(54)64)65-52-34-43(42-19-11-8-12-20-42)33-49(39-52)62-31-32-63(41-62)50-36-47(59(4,5)44-21-13-9-14-22-44)35-48(37-50)60(6,7)45-23-15-10-16-24-45;1-50(2,3)39-25-26-52-49(32-39)55-47-22-13-12-21-45(47)46-24-23-43(34-48(46)55)56-44-30-37(36-15-8-6-9-16-36)29-42(33-44)54-28-27-53(35-54)41-20-14-19-40(31-41)51(4,5)38-17-10-7-11-18-38;;/h8-38,41H,1-7H3;6-32,35H,1-5H3;;/q2*-3;;/i1D3,2D3,31D,32D;1D3,2D3,27D,28D;;. The van der Waals surface area contributed by atoms with E-state index in [9.17, 15) is 2.74 Å². The summed E-state index contributed by atoms with van der Waals surface area (Å²) in [4.78, 5) is 16.0. The Balaban J connectivity index is 0.000000200. The minimum Gasteiger partial charge on any atom is -0.509 e. The summed E-state index contributed by atoms with van der Waals surface area (Å²) in [6.45, 7) is 7.79. The number of aromatic nitrogens is 4. The molecule has 618 valence electrons. The van der Waals surface area contributed by atoms with Gasteiger partial charge in [-0.15, -0.1) is 107 Å². The van der Waals surface area contributed by atoms with Crippen LogP contribution in [0.3, 0.4) is 0 Å². The summed E-state index contributed by atoms with van der Waals surface area (Å²) in [5.74, 6) is 1.96. The van der Waals surface area contributed by atoms with Crippen molar-refractivity contribution >= 4 is 66.4 Å². The van der Waals surface area contributed by atoms with Crippen molar-refractivity contribution in [3.05, 3.63) is 435 Å². The fraction of sp³-hybridized carbons (Fsp3) is 0.153. The zero-order chi connectivity index (χ0) is 96.8. The molecule has 2 aliphatic rings. The molecule has 13 aromatic carbocycles. The number of para-hydroxylation sites is 2. The molecular weight excluding hydrogens is 1870 g/mol. The molecule has 0 N–H and O–H groups in total. The summed E-state index contributed by atoms with van der Waals surface area (Å²) in [6, 6.07) is 115.